The summed E-state index contributed by atoms with van der Waals surface area (Å²) in [5, 5.41) is 5.94. The second-order valence-corrected chi connectivity index (χ2v) is 4.36. The van der Waals surface area contributed by atoms with Crippen molar-refractivity contribution in [3.63, 3.8) is 0 Å². The monoisotopic (exact) mass is 252 g/mol. The summed E-state index contributed by atoms with van der Waals surface area (Å²) in [4.78, 5) is 11.3. The summed E-state index contributed by atoms with van der Waals surface area (Å²) in [5.41, 5.74) is 1.55. The quantitative estimate of drug-likeness (QED) is 0.730. The lowest BCUT2D eigenvalue weighted by Gasteiger charge is -2.06. The van der Waals surface area contributed by atoms with Crippen LogP contribution in [0.25, 0.3) is 0 Å². The molecule has 0 bridgehead atoms. The molecule has 1 aromatic carbocycles. The molecule has 0 aromatic heterocycles. The van der Waals surface area contributed by atoms with Crippen molar-refractivity contribution in [2.75, 3.05) is 13.1 Å². The van der Waals surface area contributed by atoms with Gasteiger partial charge in [-0.2, -0.15) is 0 Å². The largest absolute Gasteiger partial charge is 0.356 e. The molecule has 0 aliphatic rings. The van der Waals surface area contributed by atoms with Crippen LogP contribution in [0.1, 0.15) is 30.9 Å². The molecule has 0 radical (unpaired) electrons. The zero-order valence-electron chi connectivity index (χ0n) is 11.1. The van der Waals surface area contributed by atoms with Crippen molar-refractivity contribution >= 4 is 5.91 Å². The minimum Gasteiger partial charge on any atom is -0.356 e. The molecule has 0 aliphatic heterocycles. The van der Waals surface area contributed by atoms with E-state index in [4.69, 9.17) is 0 Å². The lowest BCUT2D eigenvalue weighted by molar-refractivity contribution is -0.120. The Bertz CT molecular complexity index is 393. The Morgan fingerprint density at radius 2 is 2.11 bits per heavy atom. The molecule has 18 heavy (non-hydrogen) atoms. The average molecular weight is 252 g/mol. The second kappa shape index (κ2) is 7.82. The van der Waals surface area contributed by atoms with Crippen molar-refractivity contribution in [2.45, 2.75) is 33.2 Å². The highest BCUT2D eigenvalue weighted by Crippen LogP contribution is 2.08. The van der Waals surface area contributed by atoms with Crippen LogP contribution in [-0.4, -0.2) is 19.0 Å². The van der Waals surface area contributed by atoms with Crippen molar-refractivity contribution in [1.82, 2.24) is 10.6 Å². The third-order valence-corrected chi connectivity index (χ3v) is 2.67. The Morgan fingerprint density at radius 3 is 2.78 bits per heavy atom. The van der Waals surface area contributed by atoms with Gasteiger partial charge in [0.05, 0.1) is 0 Å². The molecule has 2 N–H and O–H groups in total. The van der Waals surface area contributed by atoms with Crippen molar-refractivity contribution in [1.29, 1.82) is 0 Å². The van der Waals surface area contributed by atoms with Gasteiger partial charge in [0.15, 0.2) is 0 Å². The molecule has 0 atom stereocenters. The predicted molar refractivity (Wildman–Crippen MR) is 70.8 cm³/mol. The fraction of sp³-hybridized carbons (Fsp3) is 0.500. The van der Waals surface area contributed by atoms with Crippen LogP contribution in [0.5, 0.6) is 0 Å². The van der Waals surface area contributed by atoms with Gasteiger partial charge in [0, 0.05) is 26.1 Å². The van der Waals surface area contributed by atoms with Crippen molar-refractivity contribution < 1.29 is 9.18 Å². The van der Waals surface area contributed by atoms with E-state index in [-0.39, 0.29) is 11.7 Å². The molecule has 1 amide bonds. The molecule has 0 fully saturated rings. The Hall–Kier alpha value is -1.42. The van der Waals surface area contributed by atoms with Crippen LogP contribution in [0.15, 0.2) is 18.2 Å². The van der Waals surface area contributed by atoms with Gasteiger partial charge in [0.25, 0.3) is 0 Å². The van der Waals surface area contributed by atoms with E-state index in [1.54, 1.807) is 13.0 Å². The summed E-state index contributed by atoms with van der Waals surface area (Å²) in [6.45, 7) is 5.67. The number of rotatable bonds is 7. The summed E-state index contributed by atoms with van der Waals surface area (Å²) >= 11 is 0. The van der Waals surface area contributed by atoms with Gasteiger partial charge >= 0.3 is 0 Å². The highest BCUT2D eigenvalue weighted by atomic mass is 19.1. The minimum atomic E-state index is -0.185. The summed E-state index contributed by atoms with van der Waals surface area (Å²) in [6, 6.07) is 5.18. The Labute approximate surface area is 108 Å². The lowest BCUT2D eigenvalue weighted by atomic mass is 10.1. The molecule has 1 rings (SSSR count). The van der Waals surface area contributed by atoms with Crippen molar-refractivity contribution in [3.8, 4) is 0 Å². The van der Waals surface area contributed by atoms with Gasteiger partial charge in [-0.1, -0.05) is 19.1 Å². The van der Waals surface area contributed by atoms with E-state index in [1.807, 2.05) is 13.0 Å². The number of carbonyl (C=O) groups excluding carboxylic acids is 1. The molecule has 0 saturated heterocycles. The van der Waals surface area contributed by atoms with E-state index in [1.165, 1.54) is 6.07 Å². The Kier molecular flexibility index (Phi) is 6.36. The first-order valence-corrected chi connectivity index (χ1v) is 6.36. The maximum atomic E-state index is 13.3. The number of hydrogen-bond donors (Lipinski definition) is 2. The lowest BCUT2D eigenvalue weighted by Crippen LogP contribution is -2.28. The van der Waals surface area contributed by atoms with Crippen LogP contribution in [0.3, 0.4) is 0 Å². The van der Waals surface area contributed by atoms with Crippen LogP contribution >= 0.6 is 0 Å². The molecule has 100 valence electrons. The zero-order chi connectivity index (χ0) is 13.4. The SMILES string of the molecule is CCCNC(=O)CCNCc1ccc(C)c(F)c1. The predicted octanol–water partition coefficient (Wildman–Crippen LogP) is 2.14. The maximum Gasteiger partial charge on any atom is 0.221 e. The zero-order valence-corrected chi connectivity index (χ0v) is 11.1. The molecule has 0 aliphatic carbocycles. The summed E-state index contributed by atoms with van der Waals surface area (Å²) in [6.07, 6.45) is 1.40. The van der Waals surface area contributed by atoms with Gasteiger partial charge in [0.1, 0.15) is 5.82 Å². The fourth-order valence-corrected chi connectivity index (χ4v) is 1.53. The molecule has 3 nitrogen and oxygen atoms in total. The van der Waals surface area contributed by atoms with Crippen molar-refractivity contribution in [2.24, 2.45) is 0 Å². The van der Waals surface area contributed by atoms with Crippen LogP contribution < -0.4 is 10.6 Å². The minimum absolute atomic E-state index is 0.0550. The summed E-state index contributed by atoms with van der Waals surface area (Å²) in [5.74, 6) is -0.130. The first-order chi connectivity index (χ1) is 8.63. The normalized spacial score (nSPS) is 10.4. The van der Waals surface area contributed by atoms with Gasteiger partial charge in [0.2, 0.25) is 5.91 Å². The maximum absolute atomic E-state index is 13.3. The van der Waals surface area contributed by atoms with Gasteiger partial charge in [-0.3, -0.25) is 4.79 Å². The number of amides is 1. The second-order valence-electron chi connectivity index (χ2n) is 4.36. The highest BCUT2D eigenvalue weighted by Gasteiger charge is 2.01. The van der Waals surface area contributed by atoms with E-state index in [0.29, 0.717) is 25.1 Å². The van der Waals surface area contributed by atoms with Gasteiger partial charge in [-0.25, -0.2) is 4.39 Å². The Balaban J connectivity index is 2.21. The Morgan fingerprint density at radius 1 is 1.33 bits per heavy atom. The third kappa shape index (κ3) is 5.27. The first-order valence-electron chi connectivity index (χ1n) is 6.36. The average Bonchev–Trinajstić information content (AvgIpc) is 2.36. The van der Waals surface area contributed by atoms with Gasteiger partial charge in [-0.05, 0) is 30.5 Å². The molecule has 0 spiro atoms. The molecular weight excluding hydrogens is 231 g/mol. The van der Waals surface area contributed by atoms with Crippen molar-refractivity contribution in [3.05, 3.63) is 35.1 Å². The number of hydrogen-bond acceptors (Lipinski definition) is 2. The van der Waals surface area contributed by atoms with Crippen LogP contribution in [0.4, 0.5) is 4.39 Å². The standard InChI is InChI=1S/C14H21FN2O/c1-3-7-17-14(18)6-8-16-10-12-5-4-11(2)13(15)9-12/h4-5,9,16H,3,6-8,10H2,1-2H3,(H,17,18). The van der Waals surface area contributed by atoms with Gasteiger partial charge in [-0.15, -0.1) is 0 Å². The van der Waals surface area contributed by atoms with Crippen LogP contribution in [0, 0.1) is 12.7 Å². The van der Waals surface area contributed by atoms with E-state index in [0.717, 1.165) is 18.5 Å². The number of carbonyl (C=O) groups is 1. The van der Waals surface area contributed by atoms with Crippen LogP contribution in [-0.2, 0) is 11.3 Å². The number of benzene rings is 1. The number of nitrogens with one attached hydrogen (secondary N) is 2. The molecule has 0 unspecified atom stereocenters. The van der Waals surface area contributed by atoms with E-state index in [9.17, 15) is 9.18 Å². The molecular formula is C14H21FN2O. The first kappa shape index (κ1) is 14.6. The number of aryl methyl sites for hydroxylation is 1. The summed E-state index contributed by atoms with van der Waals surface area (Å²) < 4.78 is 13.3. The molecule has 1 aromatic rings. The third-order valence-electron chi connectivity index (χ3n) is 2.67. The molecule has 0 saturated carbocycles. The highest BCUT2D eigenvalue weighted by molar-refractivity contribution is 5.75. The number of halogens is 1. The summed E-state index contributed by atoms with van der Waals surface area (Å²) in [7, 11) is 0. The van der Waals surface area contributed by atoms with E-state index in [2.05, 4.69) is 10.6 Å². The van der Waals surface area contributed by atoms with E-state index < -0.39 is 0 Å². The van der Waals surface area contributed by atoms with Crippen LogP contribution in [0.2, 0.25) is 0 Å². The molecule has 0 heterocycles. The fourth-order valence-electron chi connectivity index (χ4n) is 1.53. The molecule has 4 heteroatoms. The smallest absolute Gasteiger partial charge is 0.221 e. The van der Waals surface area contributed by atoms with Gasteiger partial charge < -0.3 is 10.6 Å². The van der Waals surface area contributed by atoms with E-state index >= 15 is 0 Å². The topological polar surface area (TPSA) is 41.1 Å².